The van der Waals surface area contributed by atoms with E-state index in [0.29, 0.717) is 6.04 Å². The summed E-state index contributed by atoms with van der Waals surface area (Å²) in [6.45, 7) is 6.17. The van der Waals surface area contributed by atoms with E-state index in [1.54, 1.807) is 0 Å². The van der Waals surface area contributed by atoms with Crippen molar-refractivity contribution in [1.29, 1.82) is 0 Å². The maximum atomic E-state index is 4.91. The third-order valence-corrected chi connectivity index (χ3v) is 6.21. The maximum absolute atomic E-state index is 4.91. The molecular weight excluding hydrogens is 477 g/mol. The van der Waals surface area contributed by atoms with Crippen LogP contribution < -0.4 is 10.6 Å². The van der Waals surface area contributed by atoms with Gasteiger partial charge in [0, 0.05) is 50.5 Å². The van der Waals surface area contributed by atoms with E-state index in [9.17, 15) is 0 Å². The van der Waals surface area contributed by atoms with Crippen molar-refractivity contribution in [2.24, 2.45) is 12.0 Å². The van der Waals surface area contributed by atoms with Crippen molar-refractivity contribution >= 4 is 29.9 Å². The zero-order valence-electron chi connectivity index (χ0n) is 18.6. The summed E-state index contributed by atoms with van der Waals surface area (Å²) in [5.74, 6) is 0.942. The molecular formula is C21H40IN7. The zero-order chi connectivity index (χ0) is 19.9. The summed E-state index contributed by atoms with van der Waals surface area (Å²) in [7, 11) is 6.17. The number of nitrogens with one attached hydrogen (secondary N) is 2. The van der Waals surface area contributed by atoms with Gasteiger partial charge in [0.1, 0.15) is 0 Å². The molecule has 2 fully saturated rings. The van der Waals surface area contributed by atoms with Crippen molar-refractivity contribution in [1.82, 2.24) is 30.2 Å². The molecule has 1 aliphatic carbocycles. The quantitative estimate of drug-likeness (QED) is 0.331. The lowest BCUT2D eigenvalue weighted by Crippen LogP contribution is -2.50. The maximum Gasteiger partial charge on any atom is 0.191 e. The summed E-state index contributed by atoms with van der Waals surface area (Å²) < 4.78 is 1.86. The van der Waals surface area contributed by atoms with Crippen molar-refractivity contribution in [3.63, 3.8) is 0 Å². The van der Waals surface area contributed by atoms with Crippen molar-refractivity contribution < 1.29 is 0 Å². The fourth-order valence-electron chi connectivity index (χ4n) is 4.55. The summed E-state index contributed by atoms with van der Waals surface area (Å²) in [6.07, 6.45) is 12.1. The molecule has 2 aliphatic rings. The van der Waals surface area contributed by atoms with Gasteiger partial charge in [0.05, 0.1) is 18.8 Å². The Kier molecular flexibility index (Phi) is 10.2. The molecule has 0 amide bonds. The van der Waals surface area contributed by atoms with Gasteiger partial charge in [0.25, 0.3) is 0 Å². The van der Waals surface area contributed by atoms with Gasteiger partial charge in [-0.25, -0.2) is 0 Å². The van der Waals surface area contributed by atoms with Crippen molar-refractivity contribution in [3.8, 4) is 0 Å². The molecule has 1 atom stereocenters. The van der Waals surface area contributed by atoms with Crippen molar-refractivity contribution in [2.75, 3.05) is 40.3 Å². The standard InChI is InChI=1S/C21H39N7.HI/c1-5-22-21(23-15-20(26(2)3)17-14-24-27(4)16-17)25-18-10-12-28(13-11-18)19-8-6-7-9-19;/h14,16,18-20H,5-13,15H2,1-4H3,(H2,22,23,25);1H. The van der Waals surface area contributed by atoms with Crippen LogP contribution in [-0.2, 0) is 7.05 Å². The molecule has 1 saturated heterocycles. The van der Waals surface area contributed by atoms with E-state index in [4.69, 9.17) is 4.99 Å². The first-order chi connectivity index (χ1) is 13.6. The van der Waals surface area contributed by atoms with Crippen LogP contribution in [0.4, 0.5) is 0 Å². The monoisotopic (exact) mass is 517 g/mol. The SMILES string of the molecule is CCNC(=NCC(c1cnn(C)c1)N(C)C)NC1CCN(C2CCCC2)CC1.I. The number of piperidine rings is 1. The molecule has 1 unspecified atom stereocenters. The van der Waals surface area contributed by atoms with E-state index in [1.165, 1.54) is 57.2 Å². The Morgan fingerprint density at radius 1 is 1.24 bits per heavy atom. The Labute approximate surface area is 193 Å². The van der Waals surface area contributed by atoms with E-state index in [0.717, 1.165) is 25.1 Å². The Balaban J connectivity index is 0.00000300. The fourth-order valence-corrected chi connectivity index (χ4v) is 4.55. The van der Waals surface area contributed by atoms with Crippen molar-refractivity contribution in [3.05, 3.63) is 18.0 Å². The number of aryl methyl sites for hydroxylation is 1. The molecule has 1 aliphatic heterocycles. The number of aromatic nitrogens is 2. The zero-order valence-corrected chi connectivity index (χ0v) is 20.9. The lowest BCUT2D eigenvalue weighted by atomic mass is 10.0. The summed E-state index contributed by atoms with van der Waals surface area (Å²) in [5.41, 5.74) is 1.21. The number of halogens is 1. The van der Waals surface area contributed by atoms with Gasteiger partial charge in [-0.3, -0.25) is 9.67 Å². The Morgan fingerprint density at radius 3 is 2.48 bits per heavy atom. The minimum atomic E-state index is 0. The molecule has 1 aromatic rings. The third kappa shape index (κ3) is 7.10. The lowest BCUT2D eigenvalue weighted by Gasteiger charge is -2.36. The molecule has 0 aromatic carbocycles. The predicted octanol–water partition coefficient (Wildman–Crippen LogP) is 2.60. The molecule has 1 aromatic heterocycles. The normalized spacial score (nSPS) is 20.7. The first kappa shape index (κ1) is 24.4. The minimum Gasteiger partial charge on any atom is -0.357 e. The largest absolute Gasteiger partial charge is 0.357 e. The van der Waals surface area contributed by atoms with E-state index in [1.807, 2.05) is 17.9 Å². The van der Waals surface area contributed by atoms with Crippen LogP contribution in [0.25, 0.3) is 0 Å². The van der Waals surface area contributed by atoms with E-state index >= 15 is 0 Å². The number of aliphatic imine (C=N–C) groups is 1. The first-order valence-corrected chi connectivity index (χ1v) is 11.0. The molecule has 8 heteroatoms. The van der Waals surface area contributed by atoms with Gasteiger partial charge in [-0.15, -0.1) is 24.0 Å². The second-order valence-electron chi connectivity index (χ2n) is 8.54. The average Bonchev–Trinajstić information content (AvgIpc) is 3.34. The topological polar surface area (TPSA) is 60.7 Å². The third-order valence-electron chi connectivity index (χ3n) is 6.21. The predicted molar refractivity (Wildman–Crippen MR) is 131 cm³/mol. The highest BCUT2D eigenvalue weighted by molar-refractivity contribution is 14.0. The number of nitrogens with zero attached hydrogens (tertiary/aromatic N) is 5. The van der Waals surface area contributed by atoms with Crippen LogP contribution in [-0.4, -0.2) is 77.9 Å². The van der Waals surface area contributed by atoms with Gasteiger partial charge in [0.15, 0.2) is 5.96 Å². The number of guanidine groups is 1. The smallest absolute Gasteiger partial charge is 0.191 e. The molecule has 166 valence electrons. The lowest BCUT2D eigenvalue weighted by molar-refractivity contribution is 0.150. The molecule has 29 heavy (non-hydrogen) atoms. The van der Waals surface area contributed by atoms with Gasteiger partial charge in [0.2, 0.25) is 0 Å². The summed E-state index contributed by atoms with van der Waals surface area (Å²) in [6, 6.07) is 1.60. The highest BCUT2D eigenvalue weighted by Gasteiger charge is 2.27. The molecule has 3 rings (SSSR count). The number of hydrogen-bond acceptors (Lipinski definition) is 4. The molecule has 2 N–H and O–H groups in total. The van der Waals surface area contributed by atoms with E-state index < -0.39 is 0 Å². The van der Waals surface area contributed by atoms with Crippen LogP contribution in [0.15, 0.2) is 17.4 Å². The summed E-state index contributed by atoms with van der Waals surface area (Å²) in [5, 5.41) is 11.4. The van der Waals surface area contributed by atoms with E-state index in [2.05, 4.69) is 52.7 Å². The van der Waals surface area contributed by atoms with Gasteiger partial charge < -0.3 is 20.4 Å². The number of rotatable bonds is 7. The summed E-state index contributed by atoms with van der Waals surface area (Å²) in [4.78, 5) is 9.85. The Hall–Kier alpha value is -0.870. The molecule has 0 radical (unpaired) electrons. The van der Waals surface area contributed by atoms with Crippen LogP contribution in [0, 0.1) is 0 Å². The molecule has 1 saturated carbocycles. The van der Waals surface area contributed by atoms with Crippen LogP contribution in [0.5, 0.6) is 0 Å². The number of hydrogen-bond donors (Lipinski definition) is 2. The van der Waals surface area contributed by atoms with Crippen LogP contribution in [0.1, 0.15) is 57.1 Å². The van der Waals surface area contributed by atoms with Crippen LogP contribution in [0.2, 0.25) is 0 Å². The minimum absolute atomic E-state index is 0. The van der Waals surface area contributed by atoms with Gasteiger partial charge >= 0.3 is 0 Å². The highest BCUT2D eigenvalue weighted by atomic mass is 127. The Morgan fingerprint density at radius 2 is 1.93 bits per heavy atom. The fraction of sp³-hybridized carbons (Fsp3) is 0.810. The Bertz CT molecular complexity index is 616. The molecule has 7 nitrogen and oxygen atoms in total. The van der Waals surface area contributed by atoms with Gasteiger partial charge in [-0.05, 0) is 46.7 Å². The van der Waals surface area contributed by atoms with Gasteiger partial charge in [-0.2, -0.15) is 5.10 Å². The highest BCUT2D eigenvalue weighted by Crippen LogP contribution is 2.26. The molecule has 0 bridgehead atoms. The van der Waals surface area contributed by atoms with Gasteiger partial charge in [-0.1, -0.05) is 12.8 Å². The van der Waals surface area contributed by atoms with Crippen LogP contribution >= 0.6 is 24.0 Å². The van der Waals surface area contributed by atoms with Crippen LogP contribution in [0.3, 0.4) is 0 Å². The molecule has 2 heterocycles. The second kappa shape index (κ2) is 12.1. The molecule has 0 spiro atoms. The number of likely N-dealkylation sites (N-methyl/N-ethyl adjacent to an activating group) is 1. The average molecular weight is 518 g/mol. The van der Waals surface area contributed by atoms with Crippen molar-refractivity contribution in [2.45, 2.75) is 63.6 Å². The summed E-state index contributed by atoms with van der Waals surface area (Å²) >= 11 is 0. The van der Waals surface area contributed by atoms with E-state index in [-0.39, 0.29) is 30.0 Å². The second-order valence-corrected chi connectivity index (χ2v) is 8.54. The number of likely N-dealkylation sites (tertiary alicyclic amines) is 1. The first-order valence-electron chi connectivity index (χ1n) is 11.0.